The van der Waals surface area contributed by atoms with Crippen molar-refractivity contribution in [3.8, 4) is 0 Å². The maximum atomic E-state index is 14.0. The van der Waals surface area contributed by atoms with Crippen LogP contribution in [0.1, 0.15) is 32.8 Å². The molecule has 0 fully saturated rings. The second-order valence-corrected chi connectivity index (χ2v) is 12.5. The summed E-state index contributed by atoms with van der Waals surface area (Å²) in [5.41, 5.74) is 1.37. The molecular formula is C30H36BrN3O4S. The van der Waals surface area contributed by atoms with E-state index in [0.717, 1.165) is 9.87 Å². The van der Waals surface area contributed by atoms with E-state index in [9.17, 15) is 18.0 Å². The van der Waals surface area contributed by atoms with Crippen molar-refractivity contribution in [1.82, 2.24) is 10.2 Å². The van der Waals surface area contributed by atoms with Crippen molar-refractivity contribution in [2.45, 2.75) is 44.6 Å². The van der Waals surface area contributed by atoms with Gasteiger partial charge in [-0.25, -0.2) is 8.42 Å². The summed E-state index contributed by atoms with van der Waals surface area (Å²) >= 11 is 3.41. The topological polar surface area (TPSA) is 86.8 Å². The van der Waals surface area contributed by atoms with E-state index in [1.165, 1.54) is 17.0 Å². The maximum Gasteiger partial charge on any atom is 0.264 e. The molecule has 1 unspecified atom stereocenters. The Hall–Kier alpha value is -3.17. The summed E-state index contributed by atoms with van der Waals surface area (Å²) in [4.78, 5) is 28.8. The molecule has 9 heteroatoms. The first-order valence-electron chi connectivity index (χ1n) is 13.1. The molecule has 3 aromatic carbocycles. The number of hydrogen-bond donors (Lipinski definition) is 1. The number of hydrogen-bond acceptors (Lipinski definition) is 4. The molecule has 2 amide bonds. The highest BCUT2D eigenvalue weighted by atomic mass is 79.9. The smallest absolute Gasteiger partial charge is 0.264 e. The molecule has 0 aliphatic heterocycles. The average Bonchev–Trinajstić information content (AvgIpc) is 2.93. The Morgan fingerprint density at radius 3 is 2.15 bits per heavy atom. The first-order valence-corrected chi connectivity index (χ1v) is 15.3. The number of carbonyl (C=O) groups is 2. The molecule has 208 valence electrons. The lowest BCUT2D eigenvalue weighted by molar-refractivity contribution is -0.139. The Morgan fingerprint density at radius 2 is 1.56 bits per heavy atom. The minimum atomic E-state index is -4.08. The lowest BCUT2D eigenvalue weighted by atomic mass is 10.1. The zero-order chi connectivity index (χ0) is 28.4. The van der Waals surface area contributed by atoms with Crippen LogP contribution in [0.15, 0.2) is 94.3 Å². The van der Waals surface area contributed by atoms with Gasteiger partial charge in [0.15, 0.2) is 0 Å². The monoisotopic (exact) mass is 613 g/mol. The van der Waals surface area contributed by atoms with Crippen LogP contribution >= 0.6 is 15.9 Å². The third kappa shape index (κ3) is 8.41. The molecule has 1 N–H and O–H groups in total. The molecule has 0 aliphatic carbocycles. The molecule has 7 nitrogen and oxygen atoms in total. The Kier molecular flexibility index (Phi) is 11.1. The predicted octanol–water partition coefficient (Wildman–Crippen LogP) is 5.27. The molecule has 0 heterocycles. The number of nitrogens with one attached hydrogen (secondary N) is 1. The molecule has 0 saturated carbocycles. The molecule has 0 bridgehead atoms. The van der Waals surface area contributed by atoms with Gasteiger partial charge < -0.3 is 10.2 Å². The molecule has 0 spiro atoms. The summed E-state index contributed by atoms with van der Waals surface area (Å²) in [5, 5.41) is 2.94. The SMILES string of the molecule is CCC(C(=O)NCC(C)C)N(CCc1ccccc1)C(=O)CN(c1cccc(Br)c1)S(=O)(=O)c1ccccc1. The second kappa shape index (κ2) is 14.3. The molecule has 39 heavy (non-hydrogen) atoms. The minimum Gasteiger partial charge on any atom is -0.354 e. The van der Waals surface area contributed by atoms with Crippen molar-refractivity contribution >= 4 is 43.5 Å². The fraction of sp³-hybridized carbons (Fsp3) is 0.333. The van der Waals surface area contributed by atoms with E-state index in [2.05, 4.69) is 21.2 Å². The van der Waals surface area contributed by atoms with Crippen LogP contribution in [0.3, 0.4) is 0 Å². The number of rotatable bonds is 13. The fourth-order valence-electron chi connectivity index (χ4n) is 4.20. The number of nitrogens with zero attached hydrogens (tertiary/aromatic N) is 2. The summed E-state index contributed by atoms with van der Waals surface area (Å²) < 4.78 is 29.4. The average molecular weight is 615 g/mol. The standard InChI is InChI=1S/C30H36BrN3O4S/c1-4-28(30(36)32-21-23(2)3)33(19-18-24-12-7-5-8-13-24)29(35)22-34(26-15-11-14-25(31)20-26)39(37,38)27-16-9-6-10-17-27/h5-17,20,23,28H,4,18-19,21-22H2,1-3H3,(H,32,36). The zero-order valence-electron chi connectivity index (χ0n) is 22.6. The van der Waals surface area contributed by atoms with E-state index in [-0.39, 0.29) is 23.3 Å². The maximum absolute atomic E-state index is 14.0. The molecular weight excluding hydrogens is 578 g/mol. The first-order chi connectivity index (χ1) is 18.6. The third-order valence-corrected chi connectivity index (χ3v) is 8.54. The van der Waals surface area contributed by atoms with Crippen molar-refractivity contribution in [2.75, 3.05) is 23.9 Å². The highest BCUT2D eigenvalue weighted by Gasteiger charge is 2.33. The van der Waals surface area contributed by atoms with Crippen LogP contribution in [-0.4, -0.2) is 50.8 Å². The van der Waals surface area contributed by atoms with Crippen molar-refractivity contribution in [1.29, 1.82) is 0 Å². The summed E-state index contributed by atoms with van der Waals surface area (Å²) in [6.07, 6.45) is 0.926. The number of anilines is 1. The molecule has 0 radical (unpaired) electrons. The normalized spacial score (nSPS) is 12.1. The molecule has 0 saturated heterocycles. The largest absolute Gasteiger partial charge is 0.354 e. The van der Waals surface area contributed by atoms with Gasteiger partial charge in [-0.1, -0.05) is 91.3 Å². The van der Waals surface area contributed by atoms with Gasteiger partial charge in [0.1, 0.15) is 12.6 Å². The van der Waals surface area contributed by atoms with E-state index < -0.39 is 28.5 Å². The van der Waals surface area contributed by atoms with Gasteiger partial charge in [-0.3, -0.25) is 13.9 Å². The van der Waals surface area contributed by atoms with E-state index >= 15 is 0 Å². The van der Waals surface area contributed by atoms with Crippen LogP contribution in [0.5, 0.6) is 0 Å². The van der Waals surface area contributed by atoms with Crippen LogP contribution in [-0.2, 0) is 26.0 Å². The van der Waals surface area contributed by atoms with E-state index in [1.54, 1.807) is 42.5 Å². The van der Waals surface area contributed by atoms with Gasteiger partial charge in [-0.2, -0.15) is 0 Å². The summed E-state index contributed by atoms with van der Waals surface area (Å²) in [6, 6.07) is 23.8. The summed E-state index contributed by atoms with van der Waals surface area (Å²) in [5.74, 6) is -0.438. The zero-order valence-corrected chi connectivity index (χ0v) is 25.0. The first kappa shape index (κ1) is 30.4. The quantitative estimate of drug-likeness (QED) is 0.285. The highest BCUT2D eigenvalue weighted by Crippen LogP contribution is 2.27. The molecule has 3 aromatic rings. The molecule has 1 atom stereocenters. The lowest BCUT2D eigenvalue weighted by Gasteiger charge is -2.33. The van der Waals surface area contributed by atoms with Crippen molar-refractivity contribution in [3.63, 3.8) is 0 Å². The van der Waals surface area contributed by atoms with Crippen LogP contribution in [0.25, 0.3) is 0 Å². The van der Waals surface area contributed by atoms with Crippen LogP contribution in [0.2, 0.25) is 0 Å². The molecule has 0 aromatic heterocycles. The number of sulfonamides is 1. The highest BCUT2D eigenvalue weighted by molar-refractivity contribution is 9.10. The number of carbonyl (C=O) groups excluding carboxylic acids is 2. The third-order valence-electron chi connectivity index (χ3n) is 6.26. The predicted molar refractivity (Wildman–Crippen MR) is 159 cm³/mol. The van der Waals surface area contributed by atoms with E-state index in [4.69, 9.17) is 0 Å². The van der Waals surface area contributed by atoms with Gasteiger partial charge in [0.05, 0.1) is 10.6 Å². The van der Waals surface area contributed by atoms with Gasteiger partial charge in [-0.05, 0) is 54.7 Å². The number of amides is 2. The second-order valence-electron chi connectivity index (χ2n) is 9.69. The Bertz CT molecular complexity index is 1330. The summed E-state index contributed by atoms with van der Waals surface area (Å²) in [7, 11) is -4.08. The minimum absolute atomic E-state index is 0.0790. The van der Waals surface area contributed by atoms with Gasteiger partial charge >= 0.3 is 0 Å². The molecule has 0 aliphatic rings. The van der Waals surface area contributed by atoms with E-state index in [0.29, 0.717) is 29.5 Å². The summed E-state index contributed by atoms with van der Waals surface area (Å²) in [6.45, 7) is 6.18. The van der Waals surface area contributed by atoms with Gasteiger partial charge in [-0.15, -0.1) is 0 Å². The fourth-order valence-corrected chi connectivity index (χ4v) is 6.01. The van der Waals surface area contributed by atoms with Crippen LogP contribution in [0, 0.1) is 5.92 Å². The van der Waals surface area contributed by atoms with Gasteiger partial charge in [0.25, 0.3) is 10.0 Å². The van der Waals surface area contributed by atoms with Crippen molar-refractivity contribution in [2.24, 2.45) is 5.92 Å². The van der Waals surface area contributed by atoms with Crippen molar-refractivity contribution in [3.05, 3.63) is 95.0 Å². The van der Waals surface area contributed by atoms with E-state index in [1.807, 2.05) is 51.1 Å². The lowest BCUT2D eigenvalue weighted by Crippen LogP contribution is -2.53. The van der Waals surface area contributed by atoms with Crippen molar-refractivity contribution < 1.29 is 18.0 Å². The number of halogens is 1. The Morgan fingerprint density at radius 1 is 0.923 bits per heavy atom. The van der Waals surface area contributed by atoms with Gasteiger partial charge in [0.2, 0.25) is 11.8 Å². The Balaban J connectivity index is 1.98. The number of benzene rings is 3. The Labute approximate surface area is 240 Å². The van der Waals surface area contributed by atoms with Crippen LogP contribution in [0.4, 0.5) is 5.69 Å². The molecule has 3 rings (SSSR count). The van der Waals surface area contributed by atoms with Crippen LogP contribution < -0.4 is 9.62 Å². The van der Waals surface area contributed by atoms with Gasteiger partial charge in [0, 0.05) is 17.6 Å².